The van der Waals surface area contributed by atoms with Crippen molar-refractivity contribution in [2.24, 2.45) is 17.8 Å². The molecule has 4 unspecified atom stereocenters. The van der Waals surface area contributed by atoms with Crippen molar-refractivity contribution >= 4 is 17.9 Å². The van der Waals surface area contributed by atoms with Crippen LogP contribution in [-0.2, 0) is 38.1 Å². The molecule has 1 saturated heterocycles. The fraction of sp³-hybridized carbons (Fsp3) is 0.682. The van der Waals surface area contributed by atoms with E-state index in [4.69, 9.17) is 23.7 Å². The van der Waals surface area contributed by atoms with E-state index in [1.54, 1.807) is 6.08 Å². The van der Waals surface area contributed by atoms with Crippen molar-refractivity contribution < 1.29 is 38.1 Å². The molecule has 0 amide bonds. The van der Waals surface area contributed by atoms with Crippen LogP contribution in [0.25, 0.3) is 0 Å². The van der Waals surface area contributed by atoms with Crippen LogP contribution in [0.2, 0.25) is 0 Å². The molecule has 0 N–H and O–H groups in total. The molecule has 8 heteroatoms. The third-order valence-electron chi connectivity index (χ3n) is 5.22. The Morgan fingerprint density at radius 1 is 1.10 bits per heavy atom. The minimum atomic E-state index is -0.902. The number of ether oxygens (including phenoxy) is 5. The lowest BCUT2D eigenvalue weighted by molar-refractivity contribution is -0.186. The Morgan fingerprint density at radius 2 is 1.73 bits per heavy atom. The fourth-order valence-corrected chi connectivity index (χ4v) is 3.84. The summed E-state index contributed by atoms with van der Waals surface area (Å²) in [4.78, 5) is 35.8. The second-order valence-electron chi connectivity index (χ2n) is 8.87. The van der Waals surface area contributed by atoms with Crippen LogP contribution >= 0.6 is 0 Å². The third-order valence-corrected chi connectivity index (χ3v) is 5.22. The predicted molar refractivity (Wildman–Crippen MR) is 105 cm³/mol. The van der Waals surface area contributed by atoms with Crippen LogP contribution < -0.4 is 0 Å². The molecule has 0 aromatic rings. The van der Waals surface area contributed by atoms with Crippen molar-refractivity contribution in [2.45, 2.75) is 65.5 Å². The maximum absolute atomic E-state index is 12.3. The first kappa shape index (κ1) is 22.3. The molecule has 2 heterocycles. The quantitative estimate of drug-likeness (QED) is 0.334. The Kier molecular flexibility index (Phi) is 6.55. The van der Waals surface area contributed by atoms with Gasteiger partial charge in [0.1, 0.15) is 12.2 Å². The summed E-state index contributed by atoms with van der Waals surface area (Å²) in [6.07, 6.45) is 2.28. The summed E-state index contributed by atoms with van der Waals surface area (Å²) < 4.78 is 27.9. The van der Waals surface area contributed by atoms with Gasteiger partial charge in [0.25, 0.3) is 6.29 Å². The van der Waals surface area contributed by atoms with Gasteiger partial charge in [0.05, 0.1) is 18.8 Å². The van der Waals surface area contributed by atoms with E-state index < -0.39 is 29.9 Å². The molecule has 0 saturated carbocycles. The van der Waals surface area contributed by atoms with Crippen LogP contribution in [0.4, 0.5) is 0 Å². The molecule has 1 spiro atoms. The Hall–Kier alpha value is -2.35. The van der Waals surface area contributed by atoms with Gasteiger partial charge in [-0.05, 0) is 23.5 Å². The van der Waals surface area contributed by atoms with Crippen molar-refractivity contribution in [3.63, 3.8) is 0 Å². The maximum atomic E-state index is 12.3. The number of carbonyl (C=O) groups excluding carboxylic acids is 3. The van der Waals surface area contributed by atoms with E-state index in [0.29, 0.717) is 18.6 Å². The second kappa shape index (κ2) is 8.79. The third kappa shape index (κ3) is 4.86. The fourth-order valence-electron chi connectivity index (χ4n) is 3.84. The molecular formula is C22H30O8. The predicted octanol–water partition coefficient (Wildman–Crippen LogP) is 2.66. The van der Waals surface area contributed by atoms with Crippen LogP contribution in [0.5, 0.6) is 0 Å². The number of fused-ring (bicyclic) bond motifs is 2. The van der Waals surface area contributed by atoms with E-state index in [1.165, 1.54) is 13.2 Å². The highest BCUT2D eigenvalue weighted by atomic mass is 16.7. The lowest BCUT2D eigenvalue weighted by Crippen LogP contribution is -2.44. The molecule has 30 heavy (non-hydrogen) atoms. The SMILES string of the molecule is CC(=O)OC1C=C2C(COC(=O)CC(C)C)=COC(OC(=O)CC(C)C)C2C12CO2. The Labute approximate surface area is 176 Å². The number of hydrogen-bond acceptors (Lipinski definition) is 8. The minimum absolute atomic E-state index is 0.0173. The summed E-state index contributed by atoms with van der Waals surface area (Å²) in [5, 5.41) is 0. The molecular weight excluding hydrogens is 392 g/mol. The zero-order valence-electron chi connectivity index (χ0n) is 18.1. The van der Waals surface area contributed by atoms with E-state index in [-0.39, 0.29) is 36.8 Å². The Bertz CT molecular complexity index is 759. The zero-order chi connectivity index (χ0) is 22.1. The van der Waals surface area contributed by atoms with Crippen molar-refractivity contribution in [1.29, 1.82) is 0 Å². The van der Waals surface area contributed by atoms with E-state index in [0.717, 1.165) is 5.57 Å². The summed E-state index contributed by atoms with van der Waals surface area (Å²) in [6, 6.07) is 0. The molecule has 0 bridgehead atoms. The standard InChI is InChI=1S/C22H30O8/c1-12(2)6-18(24)26-9-15-10-27-21(30-19(25)7-13(3)4)20-16(15)8-17(29-14(5)23)22(20)11-28-22/h8,10,12-13,17,20-21H,6-7,9,11H2,1-5H3. The van der Waals surface area contributed by atoms with E-state index in [1.807, 2.05) is 27.7 Å². The van der Waals surface area contributed by atoms with E-state index >= 15 is 0 Å². The molecule has 3 aliphatic rings. The van der Waals surface area contributed by atoms with Crippen molar-refractivity contribution in [3.05, 3.63) is 23.5 Å². The van der Waals surface area contributed by atoms with Crippen LogP contribution in [0.15, 0.2) is 23.5 Å². The second-order valence-corrected chi connectivity index (χ2v) is 8.87. The summed E-state index contributed by atoms with van der Waals surface area (Å²) in [6.45, 7) is 9.42. The van der Waals surface area contributed by atoms with Crippen molar-refractivity contribution in [1.82, 2.24) is 0 Å². The number of carbonyl (C=O) groups is 3. The van der Waals surface area contributed by atoms with Gasteiger partial charge in [-0.2, -0.15) is 0 Å². The van der Waals surface area contributed by atoms with Gasteiger partial charge in [-0.1, -0.05) is 27.7 Å². The van der Waals surface area contributed by atoms with Crippen molar-refractivity contribution in [2.75, 3.05) is 13.2 Å². The van der Waals surface area contributed by atoms with Crippen LogP contribution in [-0.4, -0.2) is 49.1 Å². The molecule has 8 nitrogen and oxygen atoms in total. The normalized spacial score (nSPS) is 29.1. The highest BCUT2D eigenvalue weighted by Gasteiger charge is 2.67. The van der Waals surface area contributed by atoms with Gasteiger partial charge in [0.15, 0.2) is 6.10 Å². The van der Waals surface area contributed by atoms with Gasteiger partial charge in [0, 0.05) is 25.3 Å². The monoisotopic (exact) mass is 422 g/mol. The lowest BCUT2D eigenvalue weighted by atomic mass is 9.85. The van der Waals surface area contributed by atoms with Gasteiger partial charge in [-0.3, -0.25) is 14.4 Å². The summed E-state index contributed by atoms with van der Waals surface area (Å²) in [5.41, 5.74) is 0.563. The highest BCUT2D eigenvalue weighted by molar-refractivity contribution is 5.71. The van der Waals surface area contributed by atoms with E-state index in [2.05, 4.69) is 0 Å². The molecule has 0 aromatic carbocycles. The molecule has 166 valence electrons. The zero-order valence-corrected chi connectivity index (χ0v) is 18.1. The van der Waals surface area contributed by atoms with Crippen LogP contribution in [0.1, 0.15) is 47.5 Å². The number of hydrogen-bond donors (Lipinski definition) is 0. The Balaban J connectivity index is 1.80. The maximum Gasteiger partial charge on any atom is 0.309 e. The molecule has 1 aliphatic carbocycles. The van der Waals surface area contributed by atoms with Gasteiger partial charge < -0.3 is 23.7 Å². The average Bonchev–Trinajstić information content (AvgIpc) is 3.33. The average molecular weight is 422 g/mol. The molecule has 0 aromatic heterocycles. The van der Waals surface area contributed by atoms with Gasteiger partial charge in [-0.25, -0.2) is 0 Å². The van der Waals surface area contributed by atoms with Gasteiger partial charge in [0.2, 0.25) is 0 Å². The number of rotatable bonds is 8. The summed E-state index contributed by atoms with van der Waals surface area (Å²) in [5.74, 6) is -1.25. The molecule has 4 atom stereocenters. The van der Waals surface area contributed by atoms with Crippen molar-refractivity contribution in [3.8, 4) is 0 Å². The topological polar surface area (TPSA) is 101 Å². The first-order chi connectivity index (χ1) is 14.1. The molecule has 0 radical (unpaired) electrons. The van der Waals surface area contributed by atoms with Crippen LogP contribution in [0.3, 0.4) is 0 Å². The van der Waals surface area contributed by atoms with Gasteiger partial charge >= 0.3 is 17.9 Å². The first-order valence-corrected chi connectivity index (χ1v) is 10.3. The molecule has 1 fully saturated rings. The van der Waals surface area contributed by atoms with Crippen LogP contribution in [0, 0.1) is 17.8 Å². The van der Waals surface area contributed by atoms with E-state index in [9.17, 15) is 14.4 Å². The number of epoxide rings is 1. The minimum Gasteiger partial charge on any atom is -0.461 e. The summed E-state index contributed by atoms with van der Waals surface area (Å²) in [7, 11) is 0. The first-order valence-electron chi connectivity index (χ1n) is 10.3. The van der Waals surface area contributed by atoms with Gasteiger partial charge in [-0.15, -0.1) is 0 Å². The molecule has 2 aliphatic heterocycles. The molecule has 3 rings (SSSR count). The highest BCUT2D eigenvalue weighted by Crippen LogP contribution is 2.54. The number of esters is 3. The Morgan fingerprint density at radius 3 is 2.30 bits per heavy atom. The smallest absolute Gasteiger partial charge is 0.309 e. The summed E-state index contributed by atoms with van der Waals surface area (Å²) >= 11 is 0. The lowest BCUT2D eigenvalue weighted by Gasteiger charge is -2.33. The largest absolute Gasteiger partial charge is 0.461 e.